The number of hydrogen-bond donors (Lipinski definition) is 2. The van der Waals surface area contributed by atoms with E-state index in [0.29, 0.717) is 17.3 Å². The molecule has 1 aliphatic rings. The van der Waals surface area contributed by atoms with Gasteiger partial charge >= 0.3 is 6.09 Å². The summed E-state index contributed by atoms with van der Waals surface area (Å²) >= 11 is 5.82. The van der Waals surface area contributed by atoms with Crippen LogP contribution in [0.2, 0.25) is 5.02 Å². The lowest BCUT2D eigenvalue weighted by molar-refractivity contribution is 0.155. The first kappa shape index (κ1) is 18.1. The quantitative estimate of drug-likeness (QED) is 0.807. The maximum atomic E-state index is 11.9. The number of nitrogens with two attached hydrogens (primary N) is 1. The van der Waals surface area contributed by atoms with Gasteiger partial charge in [0.25, 0.3) is 6.02 Å². The highest BCUT2D eigenvalue weighted by Gasteiger charge is 2.16. The van der Waals surface area contributed by atoms with Gasteiger partial charge in [-0.2, -0.15) is 0 Å². The van der Waals surface area contributed by atoms with Crippen molar-refractivity contribution in [3.8, 4) is 0 Å². The average molecular weight is 374 g/mol. The van der Waals surface area contributed by atoms with Crippen LogP contribution in [0.1, 0.15) is 17.5 Å². The van der Waals surface area contributed by atoms with Crippen molar-refractivity contribution in [2.75, 3.05) is 11.9 Å². The van der Waals surface area contributed by atoms with Crippen molar-refractivity contribution in [3.63, 3.8) is 0 Å². The number of halogens is 1. The van der Waals surface area contributed by atoms with Gasteiger partial charge in [-0.1, -0.05) is 35.9 Å². The number of carbonyl (C=O) groups is 1. The van der Waals surface area contributed by atoms with E-state index in [4.69, 9.17) is 26.8 Å². The van der Waals surface area contributed by atoms with Crippen LogP contribution in [0.3, 0.4) is 0 Å². The lowest BCUT2D eigenvalue weighted by Gasteiger charge is -2.09. The molecule has 1 heterocycles. The molecule has 2 aromatic carbocycles. The number of amidine groups is 1. The van der Waals surface area contributed by atoms with Crippen LogP contribution in [0.4, 0.5) is 10.5 Å². The summed E-state index contributed by atoms with van der Waals surface area (Å²) in [4.78, 5) is 16.1. The first-order valence-corrected chi connectivity index (χ1v) is 8.69. The van der Waals surface area contributed by atoms with E-state index >= 15 is 0 Å². The Balaban J connectivity index is 1.43. The number of carbonyl (C=O) groups excluding carboxylic acids is 1. The zero-order chi connectivity index (χ0) is 18.4. The molecule has 0 aliphatic carbocycles. The number of hydrogen-bond acceptors (Lipinski definition) is 5. The molecule has 1 amide bonds. The fourth-order valence-corrected chi connectivity index (χ4v) is 2.68. The van der Waals surface area contributed by atoms with Gasteiger partial charge in [0.2, 0.25) is 0 Å². The van der Waals surface area contributed by atoms with Crippen LogP contribution in [-0.4, -0.2) is 24.8 Å². The smallest absolute Gasteiger partial charge is 0.411 e. The van der Waals surface area contributed by atoms with Crippen molar-refractivity contribution in [3.05, 3.63) is 64.7 Å². The Kier molecular flexibility index (Phi) is 5.96. The lowest BCUT2D eigenvalue weighted by Crippen LogP contribution is -2.13. The summed E-state index contributed by atoms with van der Waals surface area (Å²) in [7, 11) is 0. The molecule has 7 heteroatoms. The van der Waals surface area contributed by atoms with E-state index in [2.05, 4.69) is 10.3 Å². The van der Waals surface area contributed by atoms with E-state index in [-0.39, 0.29) is 18.7 Å². The summed E-state index contributed by atoms with van der Waals surface area (Å²) in [6.07, 6.45) is 1.24. The van der Waals surface area contributed by atoms with Crippen LogP contribution >= 0.6 is 11.6 Å². The molecule has 136 valence electrons. The van der Waals surface area contributed by atoms with Gasteiger partial charge in [0.05, 0.1) is 6.04 Å². The number of benzene rings is 2. The molecule has 6 nitrogen and oxygen atoms in total. The average Bonchev–Trinajstić information content (AvgIpc) is 3.06. The molecule has 0 saturated heterocycles. The van der Waals surface area contributed by atoms with Crippen LogP contribution in [0.15, 0.2) is 53.5 Å². The molecule has 3 rings (SSSR count). The molecule has 0 spiro atoms. The lowest BCUT2D eigenvalue weighted by atomic mass is 10.1. The number of aliphatic imine (C=N–C) groups is 1. The Labute approximate surface area is 157 Å². The Hall–Kier alpha value is -2.73. The van der Waals surface area contributed by atoms with E-state index in [1.54, 1.807) is 12.1 Å². The molecule has 26 heavy (non-hydrogen) atoms. The van der Waals surface area contributed by atoms with E-state index in [9.17, 15) is 4.79 Å². The van der Waals surface area contributed by atoms with Crippen LogP contribution < -0.4 is 11.1 Å². The SMILES string of the molecule is NC1=N[C@@H](CCc2ccc(NC(=O)OCc3ccc(Cl)cc3)cc2)CO1. The zero-order valence-electron chi connectivity index (χ0n) is 14.2. The van der Waals surface area contributed by atoms with Gasteiger partial charge in [-0.15, -0.1) is 0 Å². The van der Waals surface area contributed by atoms with Crippen LogP contribution in [0.25, 0.3) is 0 Å². The zero-order valence-corrected chi connectivity index (χ0v) is 14.9. The van der Waals surface area contributed by atoms with E-state index in [0.717, 1.165) is 24.0 Å². The Bertz CT molecular complexity index is 776. The summed E-state index contributed by atoms with van der Waals surface area (Å²) in [6, 6.07) is 15.2. The van der Waals surface area contributed by atoms with Gasteiger partial charge < -0.3 is 15.2 Å². The number of nitrogens with one attached hydrogen (secondary N) is 1. The first-order chi connectivity index (χ1) is 12.6. The van der Waals surface area contributed by atoms with Crippen molar-refractivity contribution < 1.29 is 14.3 Å². The third kappa shape index (κ3) is 5.39. The standard InChI is InChI=1S/C19H20ClN3O3/c20-15-6-1-14(2-7-15)11-26-19(24)23-16-8-3-13(4-9-16)5-10-17-12-25-18(21)22-17/h1-4,6-9,17H,5,10-12H2,(H2,21,22)(H,23,24)/t17-/m0/s1. The molecule has 3 N–H and O–H groups in total. The molecule has 2 aromatic rings. The molecule has 0 saturated carbocycles. The second kappa shape index (κ2) is 8.58. The van der Waals surface area contributed by atoms with Crippen LogP contribution in [0.5, 0.6) is 0 Å². The fraction of sp³-hybridized carbons (Fsp3) is 0.263. The summed E-state index contributed by atoms with van der Waals surface area (Å²) in [5, 5.41) is 3.36. The fourth-order valence-electron chi connectivity index (χ4n) is 2.56. The molecule has 0 fully saturated rings. The summed E-state index contributed by atoms with van der Waals surface area (Å²) in [6.45, 7) is 0.735. The number of aryl methyl sites for hydroxylation is 1. The minimum absolute atomic E-state index is 0.121. The van der Waals surface area contributed by atoms with Crippen LogP contribution in [-0.2, 0) is 22.5 Å². The van der Waals surface area contributed by atoms with Gasteiger partial charge in [0.15, 0.2) is 0 Å². The highest BCUT2D eigenvalue weighted by Crippen LogP contribution is 2.15. The van der Waals surface area contributed by atoms with E-state index < -0.39 is 6.09 Å². The van der Waals surface area contributed by atoms with Crippen molar-refractivity contribution >= 4 is 29.4 Å². The summed E-state index contributed by atoms with van der Waals surface area (Å²) in [5.74, 6) is 0. The minimum atomic E-state index is -0.499. The number of nitrogens with zero attached hydrogens (tertiary/aromatic N) is 1. The number of ether oxygens (including phenoxy) is 2. The normalized spacial score (nSPS) is 15.9. The molecule has 1 atom stereocenters. The molecule has 0 radical (unpaired) electrons. The highest BCUT2D eigenvalue weighted by molar-refractivity contribution is 6.30. The van der Waals surface area contributed by atoms with Gasteiger partial charge in [0.1, 0.15) is 13.2 Å². The third-order valence-corrected chi connectivity index (χ3v) is 4.24. The van der Waals surface area contributed by atoms with Crippen molar-refractivity contribution in [1.82, 2.24) is 0 Å². The van der Waals surface area contributed by atoms with Crippen molar-refractivity contribution in [1.29, 1.82) is 0 Å². The molecule has 1 aliphatic heterocycles. The maximum absolute atomic E-state index is 11.9. The Morgan fingerprint density at radius 1 is 1.19 bits per heavy atom. The predicted molar refractivity (Wildman–Crippen MR) is 101 cm³/mol. The molecular weight excluding hydrogens is 354 g/mol. The largest absolute Gasteiger partial charge is 0.463 e. The summed E-state index contributed by atoms with van der Waals surface area (Å²) < 4.78 is 10.3. The number of amides is 1. The van der Waals surface area contributed by atoms with Gasteiger partial charge in [-0.3, -0.25) is 5.32 Å². The molecule has 0 unspecified atom stereocenters. The van der Waals surface area contributed by atoms with Crippen molar-refractivity contribution in [2.45, 2.75) is 25.5 Å². The Morgan fingerprint density at radius 3 is 2.54 bits per heavy atom. The molecule has 0 bridgehead atoms. The van der Waals surface area contributed by atoms with Gasteiger partial charge in [-0.25, -0.2) is 9.79 Å². The molecular formula is C19H20ClN3O3. The number of anilines is 1. The first-order valence-electron chi connectivity index (χ1n) is 8.32. The predicted octanol–water partition coefficient (Wildman–Crippen LogP) is 3.73. The van der Waals surface area contributed by atoms with E-state index in [1.807, 2.05) is 36.4 Å². The Morgan fingerprint density at radius 2 is 1.88 bits per heavy atom. The van der Waals surface area contributed by atoms with Gasteiger partial charge in [-0.05, 0) is 48.2 Å². The van der Waals surface area contributed by atoms with Crippen LogP contribution in [0, 0.1) is 0 Å². The maximum Gasteiger partial charge on any atom is 0.411 e. The number of rotatable bonds is 6. The topological polar surface area (TPSA) is 85.9 Å². The molecule has 0 aromatic heterocycles. The van der Waals surface area contributed by atoms with E-state index in [1.165, 1.54) is 0 Å². The van der Waals surface area contributed by atoms with Gasteiger partial charge in [0, 0.05) is 10.7 Å². The minimum Gasteiger partial charge on any atom is -0.463 e. The highest BCUT2D eigenvalue weighted by atomic mass is 35.5. The second-order valence-corrected chi connectivity index (χ2v) is 6.43. The third-order valence-electron chi connectivity index (χ3n) is 3.98. The summed E-state index contributed by atoms with van der Waals surface area (Å²) in [5.41, 5.74) is 8.21. The van der Waals surface area contributed by atoms with Crippen molar-refractivity contribution in [2.24, 2.45) is 10.7 Å². The second-order valence-electron chi connectivity index (χ2n) is 6.00. The monoisotopic (exact) mass is 373 g/mol.